The van der Waals surface area contributed by atoms with Crippen LogP contribution in [0, 0.1) is 0 Å². The maximum atomic E-state index is 12.0. The number of carbonyl (C=O) groups is 1. The third-order valence-electron chi connectivity index (χ3n) is 3.23. The summed E-state index contributed by atoms with van der Waals surface area (Å²) in [5.74, 6) is -0.878. The lowest BCUT2D eigenvalue weighted by atomic mass is 9.87. The van der Waals surface area contributed by atoms with Crippen LogP contribution in [0.1, 0.15) is 24.0 Å². The first-order valence-electron chi connectivity index (χ1n) is 6.63. The SMILES string of the molecule is CC(=O)C(C([C]=O)=Cc1ccccc1)c1ccc(Cl)c(Cl)c1. The Morgan fingerprint density at radius 3 is 2.32 bits per heavy atom. The molecule has 0 heterocycles. The molecule has 2 rings (SSSR count). The molecule has 0 saturated carbocycles. The van der Waals surface area contributed by atoms with E-state index >= 15 is 0 Å². The van der Waals surface area contributed by atoms with Crippen molar-refractivity contribution in [3.63, 3.8) is 0 Å². The zero-order valence-electron chi connectivity index (χ0n) is 11.8. The van der Waals surface area contributed by atoms with Crippen molar-refractivity contribution in [1.82, 2.24) is 0 Å². The lowest BCUT2D eigenvalue weighted by Gasteiger charge is -2.15. The molecule has 0 fully saturated rings. The lowest BCUT2D eigenvalue weighted by molar-refractivity contribution is -0.117. The summed E-state index contributed by atoms with van der Waals surface area (Å²) in [5.41, 5.74) is 1.71. The van der Waals surface area contributed by atoms with Gasteiger partial charge in [0, 0.05) is 5.57 Å². The second kappa shape index (κ2) is 7.39. The highest BCUT2D eigenvalue weighted by Crippen LogP contribution is 2.31. The Bertz CT molecular complexity index is 721. The van der Waals surface area contributed by atoms with Crippen molar-refractivity contribution < 1.29 is 9.59 Å². The molecule has 0 aromatic heterocycles. The topological polar surface area (TPSA) is 34.1 Å². The van der Waals surface area contributed by atoms with Gasteiger partial charge in [-0.2, -0.15) is 0 Å². The minimum atomic E-state index is -0.715. The van der Waals surface area contributed by atoms with E-state index in [9.17, 15) is 9.59 Å². The standard InChI is InChI=1S/C18H13Cl2O2/c1-12(22)18(14-7-8-16(19)17(20)10-14)15(11-21)9-13-5-3-2-4-6-13/h2-10,18H,1H3. The molecular formula is C18H13Cl2O2. The van der Waals surface area contributed by atoms with E-state index in [1.165, 1.54) is 6.92 Å². The Labute approximate surface area is 139 Å². The molecule has 1 radical (unpaired) electrons. The van der Waals surface area contributed by atoms with E-state index in [0.29, 0.717) is 15.6 Å². The zero-order valence-corrected chi connectivity index (χ0v) is 13.4. The Balaban J connectivity index is 2.49. The second-order valence-electron chi connectivity index (χ2n) is 4.83. The number of rotatable bonds is 5. The number of carbonyl (C=O) groups excluding carboxylic acids is 2. The predicted molar refractivity (Wildman–Crippen MR) is 90.0 cm³/mol. The monoisotopic (exact) mass is 331 g/mol. The number of Topliss-reactive ketones (excluding diaryl/α,β-unsaturated/α-hetero) is 1. The molecule has 22 heavy (non-hydrogen) atoms. The van der Waals surface area contributed by atoms with Gasteiger partial charge in [-0.05, 0) is 36.3 Å². The number of ketones is 1. The van der Waals surface area contributed by atoms with Crippen LogP contribution in [0.2, 0.25) is 10.0 Å². The van der Waals surface area contributed by atoms with Gasteiger partial charge >= 0.3 is 0 Å². The third-order valence-corrected chi connectivity index (χ3v) is 3.97. The van der Waals surface area contributed by atoms with Gasteiger partial charge in [0.1, 0.15) is 5.78 Å². The maximum Gasteiger partial charge on any atom is 0.230 e. The van der Waals surface area contributed by atoms with Crippen molar-refractivity contribution in [1.29, 1.82) is 0 Å². The Morgan fingerprint density at radius 2 is 1.77 bits per heavy atom. The molecule has 0 spiro atoms. The summed E-state index contributed by atoms with van der Waals surface area (Å²) < 4.78 is 0. The fraction of sp³-hybridized carbons (Fsp3) is 0.111. The molecular weight excluding hydrogens is 319 g/mol. The average Bonchev–Trinajstić information content (AvgIpc) is 2.50. The normalized spacial score (nSPS) is 12.8. The van der Waals surface area contributed by atoms with E-state index in [1.54, 1.807) is 24.3 Å². The quantitative estimate of drug-likeness (QED) is 0.733. The Morgan fingerprint density at radius 1 is 1.09 bits per heavy atom. The van der Waals surface area contributed by atoms with E-state index in [1.807, 2.05) is 36.6 Å². The van der Waals surface area contributed by atoms with Crippen LogP contribution in [-0.2, 0) is 9.59 Å². The number of halogens is 2. The van der Waals surface area contributed by atoms with Gasteiger partial charge in [-0.15, -0.1) is 0 Å². The summed E-state index contributed by atoms with van der Waals surface area (Å²) in [5, 5.41) is 0.742. The van der Waals surface area contributed by atoms with E-state index < -0.39 is 5.92 Å². The summed E-state index contributed by atoms with van der Waals surface area (Å²) in [6, 6.07) is 14.2. The summed E-state index contributed by atoms with van der Waals surface area (Å²) in [6.07, 6.45) is 3.53. The third kappa shape index (κ3) is 3.85. The van der Waals surface area contributed by atoms with Crippen molar-refractivity contribution >= 4 is 41.3 Å². The van der Waals surface area contributed by atoms with Gasteiger partial charge in [-0.1, -0.05) is 59.6 Å². The van der Waals surface area contributed by atoms with Crippen LogP contribution >= 0.6 is 23.2 Å². The second-order valence-corrected chi connectivity index (χ2v) is 5.64. The molecule has 2 aromatic carbocycles. The first-order chi connectivity index (χ1) is 10.5. The highest BCUT2D eigenvalue weighted by molar-refractivity contribution is 6.42. The molecule has 0 bridgehead atoms. The van der Waals surface area contributed by atoms with Gasteiger partial charge < -0.3 is 0 Å². The van der Waals surface area contributed by atoms with E-state index in [2.05, 4.69) is 0 Å². The van der Waals surface area contributed by atoms with Crippen molar-refractivity contribution in [3.8, 4) is 0 Å². The molecule has 0 saturated heterocycles. The van der Waals surface area contributed by atoms with Crippen molar-refractivity contribution in [2.75, 3.05) is 0 Å². The molecule has 2 nitrogen and oxygen atoms in total. The Hall–Kier alpha value is -1.90. The highest BCUT2D eigenvalue weighted by Gasteiger charge is 2.22. The predicted octanol–water partition coefficient (Wildman–Crippen LogP) is 4.86. The summed E-state index contributed by atoms with van der Waals surface area (Å²) in [4.78, 5) is 23.4. The molecule has 4 heteroatoms. The van der Waals surface area contributed by atoms with Gasteiger partial charge in [0.2, 0.25) is 6.29 Å². The van der Waals surface area contributed by atoms with Crippen molar-refractivity contribution in [2.24, 2.45) is 0 Å². The van der Waals surface area contributed by atoms with E-state index in [4.69, 9.17) is 23.2 Å². The fourth-order valence-electron chi connectivity index (χ4n) is 2.23. The number of hydrogen-bond donors (Lipinski definition) is 0. The molecule has 0 aliphatic heterocycles. The first kappa shape index (κ1) is 16.5. The minimum absolute atomic E-state index is 0.163. The van der Waals surface area contributed by atoms with Crippen LogP contribution in [-0.4, -0.2) is 12.1 Å². The summed E-state index contributed by atoms with van der Waals surface area (Å²) in [6.45, 7) is 1.43. The molecule has 0 N–H and O–H groups in total. The number of benzene rings is 2. The maximum absolute atomic E-state index is 12.0. The average molecular weight is 332 g/mol. The number of hydrogen-bond acceptors (Lipinski definition) is 2. The molecule has 1 atom stereocenters. The van der Waals surface area contributed by atoms with Gasteiger partial charge in [0.25, 0.3) is 0 Å². The molecule has 111 valence electrons. The van der Waals surface area contributed by atoms with Crippen LogP contribution in [0.4, 0.5) is 0 Å². The van der Waals surface area contributed by atoms with Crippen LogP contribution < -0.4 is 0 Å². The van der Waals surface area contributed by atoms with Gasteiger partial charge in [-0.25, -0.2) is 0 Å². The van der Waals surface area contributed by atoms with E-state index in [-0.39, 0.29) is 11.4 Å². The van der Waals surface area contributed by atoms with Gasteiger partial charge in [0.05, 0.1) is 16.0 Å². The van der Waals surface area contributed by atoms with Crippen molar-refractivity contribution in [3.05, 3.63) is 75.3 Å². The molecule has 2 aromatic rings. The van der Waals surface area contributed by atoms with Crippen LogP contribution in [0.3, 0.4) is 0 Å². The van der Waals surface area contributed by atoms with Gasteiger partial charge in [-0.3, -0.25) is 9.59 Å². The lowest BCUT2D eigenvalue weighted by Crippen LogP contribution is -2.13. The molecule has 1 unspecified atom stereocenters. The largest absolute Gasteiger partial charge is 0.299 e. The summed E-state index contributed by atoms with van der Waals surface area (Å²) >= 11 is 11.9. The Kier molecular flexibility index (Phi) is 5.53. The minimum Gasteiger partial charge on any atom is -0.299 e. The molecule has 0 amide bonds. The van der Waals surface area contributed by atoms with Crippen molar-refractivity contribution in [2.45, 2.75) is 12.8 Å². The zero-order chi connectivity index (χ0) is 16.1. The van der Waals surface area contributed by atoms with Crippen LogP contribution in [0.25, 0.3) is 6.08 Å². The molecule has 0 aliphatic carbocycles. The van der Waals surface area contributed by atoms with Crippen LogP contribution in [0.15, 0.2) is 54.1 Å². The van der Waals surface area contributed by atoms with Crippen LogP contribution in [0.5, 0.6) is 0 Å². The van der Waals surface area contributed by atoms with Gasteiger partial charge in [0.15, 0.2) is 0 Å². The first-order valence-corrected chi connectivity index (χ1v) is 7.38. The smallest absolute Gasteiger partial charge is 0.230 e. The number of allylic oxidation sites excluding steroid dienone is 1. The molecule has 0 aliphatic rings. The summed E-state index contributed by atoms with van der Waals surface area (Å²) in [7, 11) is 0. The highest BCUT2D eigenvalue weighted by atomic mass is 35.5. The van der Waals surface area contributed by atoms with E-state index in [0.717, 1.165) is 5.56 Å². The fourth-order valence-corrected chi connectivity index (χ4v) is 2.53.